The van der Waals surface area contributed by atoms with E-state index in [2.05, 4.69) is 25.7 Å². The van der Waals surface area contributed by atoms with Crippen LogP contribution in [0.3, 0.4) is 0 Å². The van der Waals surface area contributed by atoms with Gasteiger partial charge in [0.25, 0.3) is 0 Å². The van der Waals surface area contributed by atoms with Crippen molar-refractivity contribution in [2.75, 3.05) is 12.3 Å². The second kappa shape index (κ2) is 5.38. The summed E-state index contributed by atoms with van der Waals surface area (Å²) >= 11 is 6.13. The van der Waals surface area contributed by atoms with E-state index in [9.17, 15) is 0 Å². The molecule has 0 unspecified atom stereocenters. The zero-order valence-electron chi connectivity index (χ0n) is 9.63. The van der Waals surface area contributed by atoms with Gasteiger partial charge in [-0.1, -0.05) is 24.6 Å². The van der Waals surface area contributed by atoms with Gasteiger partial charge in [-0.15, -0.1) is 0 Å². The summed E-state index contributed by atoms with van der Waals surface area (Å²) < 4.78 is 0. The fourth-order valence-electron chi connectivity index (χ4n) is 1.60. The van der Waals surface area contributed by atoms with Gasteiger partial charge in [-0.2, -0.15) is 0 Å². The molecule has 0 heterocycles. The molecule has 0 amide bonds. The van der Waals surface area contributed by atoms with E-state index in [4.69, 9.17) is 17.3 Å². The largest absolute Gasteiger partial charge is 0.398 e. The Morgan fingerprint density at radius 2 is 2.07 bits per heavy atom. The van der Waals surface area contributed by atoms with E-state index in [0.717, 1.165) is 29.4 Å². The highest BCUT2D eigenvalue weighted by Gasteiger charge is 2.11. The molecular weight excluding hydrogens is 208 g/mol. The number of rotatable bonds is 4. The first-order valence-electron chi connectivity index (χ1n) is 5.33. The smallest absolute Gasteiger partial charge is 0.0471 e. The van der Waals surface area contributed by atoms with Gasteiger partial charge in [0.15, 0.2) is 0 Å². The van der Waals surface area contributed by atoms with Gasteiger partial charge < -0.3 is 5.73 Å². The Morgan fingerprint density at radius 1 is 1.40 bits per heavy atom. The van der Waals surface area contributed by atoms with Crippen molar-refractivity contribution in [2.24, 2.45) is 0 Å². The Kier molecular flexibility index (Phi) is 4.43. The molecule has 0 fully saturated rings. The van der Waals surface area contributed by atoms with E-state index in [1.165, 1.54) is 0 Å². The molecule has 0 aliphatic carbocycles. The van der Waals surface area contributed by atoms with Gasteiger partial charge in [-0.25, -0.2) is 0 Å². The van der Waals surface area contributed by atoms with Gasteiger partial charge in [0.1, 0.15) is 0 Å². The summed E-state index contributed by atoms with van der Waals surface area (Å²) in [6.07, 6.45) is 0. The van der Waals surface area contributed by atoms with Gasteiger partial charge in [-0.3, -0.25) is 4.90 Å². The molecule has 2 N–H and O–H groups in total. The Balaban J connectivity index is 2.87. The Hall–Kier alpha value is -0.730. The van der Waals surface area contributed by atoms with E-state index in [1.54, 1.807) is 0 Å². The minimum Gasteiger partial charge on any atom is -0.398 e. The van der Waals surface area contributed by atoms with Gasteiger partial charge in [0.05, 0.1) is 0 Å². The van der Waals surface area contributed by atoms with E-state index in [0.29, 0.717) is 6.04 Å². The van der Waals surface area contributed by atoms with E-state index in [1.807, 2.05) is 18.2 Å². The lowest BCUT2D eigenvalue weighted by Gasteiger charge is -2.25. The Morgan fingerprint density at radius 3 is 2.53 bits per heavy atom. The molecule has 0 aliphatic heterocycles. The van der Waals surface area contributed by atoms with Crippen LogP contribution in [0, 0.1) is 0 Å². The van der Waals surface area contributed by atoms with Gasteiger partial charge in [-0.05, 0) is 32.5 Å². The third-order valence-corrected chi connectivity index (χ3v) is 3.01. The van der Waals surface area contributed by atoms with Crippen molar-refractivity contribution in [1.82, 2.24) is 4.90 Å². The molecule has 0 aliphatic rings. The van der Waals surface area contributed by atoms with Crippen molar-refractivity contribution in [3.63, 3.8) is 0 Å². The molecule has 0 radical (unpaired) electrons. The first-order chi connectivity index (χ1) is 7.06. The maximum Gasteiger partial charge on any atom is 0.0471 e. The summed E-state index contributed by atoms with van der Waals surface area (Å²) in [6.45, 7) is 8.32. The highest BCUT2D eigenvalue weighted by atomic mass is 35.5. The van der Waals surface area contributed by atoms with Gasteiger partial charge >= 0.3 is 0 Å². The number of nitrogens with two attached hydrogens (primary N) is 1. The Labute approximate surface area is 97.0 Å². The highest BCUT2D eigenvalue weighted by Crippen LogP contribution is 2.24. The second-order valence-electron chi connectivity index (χ2n) is 3.96. The maximum absolute atomic E-state index is 6.13. The van der Waals surface area contributed by atoms with E-state index < -0.39 is 0 Å². The molecule has 84 valence electrons. The minimum absolute atomic E-state index is 0.505. The number of benzene rings is 1. The standard InChI is InChI=1S/C12H19ClN2/c1-4-15(9(2)3)8-10-11(13)6-5-7-12(10)14/h5-7,9H,4,8,14H2,1-3H3. The SMILES string of the molecule is CCN(Cc1c(N)cccc1Cl)C(C)C. The van der Waals surface area contributed by atoms with Gasteiger partial charge in [0.2, 0.25) is 0 Å². The molecule has 0 bridgehead atoms. The molecule has 0 aromatic heterocycles. The Bertz CT molecular complexity index is 303. The summed E-state index contributed by atoms with van der Waals surface area (Å²) in [5, 5.41) is 0.758. The summed E-state index contributed by atoms with van der Waals surface area (Å²) in [5.41, 5.74) is 7.73. The first kappa shape index (κ1) is 12.3. The van der Waals surface area contributed by atoms with Crippen molar-refractivity contribution >= 4 is 17.3 Å². The number of halogens is 1. The second-order valence-corrected chi connectivity index (χ2v) is 4.37. The molecule has 1 aromatic rings. The third kappa shape index (κ3) is 3.11. The van der Waals surface area contributed by atoms with Crippen LogP contribution < -0.4 is 5.73 Å². The van der Waals surface area contributed by atoms with Crippen LogP contribution in [0.5, 0.6) is 0 Å². The fraction of sp³-hybridized carbons (Fsp3) is 0.500. The van der Waals surface area contributed by atoms with Gasteiger partial charge in [0, 0.05) is 28.9 Å². The molecule has 0 atom stereocenters. The van der Waals surface area contributed by atoms with Crippen LogP contribution >= 0.6 is 11.6 Å². The molecule has 1 aromatic carbocycles. The number of hydrogen-bond acceptors (Lipinski definition) is 2. The van der Waals surface area contributed by atoms with Crippen molar-refractivity contribution < 1.29 is 0 Å². The van der Waals surface area contributed by atoms with Crippen molar-refractivity contribution in [1.29, 1.82) is 0 Å². The number of hydrogen-bond donors (Lipinski definition) is 1. The normalized spacial score (nSPS) is 11.3. The van der Waals surface area contributed by atoms with Crippen LogP contribution in [-0.2, 0) is 6.54 Å². The molecule has 1 rings (SSSR count). The van der Waals surface area contributed by atoms with E-state index in [-0.39, 0.29) is 0 Å². The molecule has 3 heteroatoms. The lowest BCUT2D eigenvalue weighted by Crippen LogP contribution is -2.30. The molecule has 2 nitrogen and oxygen atoms in total. The highest BCUT2D eigenvalue weighted by molar-refractivity contribution is 6.31. The number of nitrogens with zero attached hydrogens (tertiary/aromatic N) is 1. The predicted molar refractivity (Wildman–Crippen MR) is 67.1 cm³/mol. The topological polar surface area (TPSA) is 29.3 Å². The monoisotopic (exact) mass is 226 g/mol. The molecular formula is C12H19ClN2. The van der Waals surface area contributed by atoms with Crippen molar-refractivity contribution in [3.8, 4) is 0 Å². The molecule has 0 saturated carbocycles. The zero-order chi connectivity index (χ0) is 11.4. The van der Waals surface area contributed by atoms with Crippen LogP contribution in [-0.4, -0.2) is 17.5 Å². The third-order valence-electron chi connectivity index (χ3n) is 2.65. The van der Waals surface area contributed by atoms with Crippen molar-refractivity contribution in [3.05, 3.63) is 28.8 Å². The average molecular weight is 227 g/mol. The molecule has 0 saturated heterocycles. The van der Waals surface area contributed by atoms with Crippen LogP contribution in [0.4, 0.5) is 5.69 Å². The predicted octanol–water partition coefficient (Wildman–Crippen LogP) is 3.15. The lowest BCUT2D eigenvalue weighted by atomic mass is 10.1. The van der Waals surface area contributed by atoms with Crippen LogP contribution in [0.25, 0.3) is 0 Å². The summed E-state index contributed by atoms with van der Waals surface area (Å²) in [7, 11) is 0. The molecule has 0 spiro atoms. The summed E-state index contributed by atoms with van der Waals surface area (Å²) in [5.74, 6) is 0. The average Bonchev–Trinajstić information content (AvgIpc) is 2.17. The number of nitrogen functional groups attached to an aromatic ring is 1. The summed E-state index contributed by atoms with van der Waals surface area (Å²) in [4.78, 5) is 2.33. The quantitative estimate of drug-likeness (QED) is 0.800. The van der Waals surface area contributed by atoms with Crippen LogP contribution in [0.2, 0.25) is 5.02 Å². The fourth-order valence-corrected chi connectivity index (χ4v) is 1.85. The van der Waals surface area contributed by atoms with E-state index >= 15 is 0 Å². The van der Waals surface area contributed by atoms with Crippen molar-refractivity contribution in [2.45, 2.75) is 33.4 Å². The molecule has 15 heavy (non-hydrogen) atoms. The first-order valence-corrected chi connectivity index (χ1v) is 5.71. The van der Waals surface area contributed by atoms with Crippen LogP contribution in [0.1, 0.15) is 26.3 Å². The maximum atomic E-state index is 6.13. The minimum atomic E-state index is 0.505. The zero-order valence-corrected chi connectivity index (χ0v) is 10.4. The lowest BCUT2D eigenvalue weighted by molar-refractivity contribution is 0.225. The van der Waals surface area contributed by atoms with Crippen LogP contribution in [0.15, 0.2) is 18.2 Å². The number of anilines is 1. The summed E-state index contributed by atoms with van der Waals surface area (Å²) in [6, 6.07) is 6.18.